The van der Waals surface area contributed by atoms with E-state index in [1.165, 1.54) is 0 Å². The third-order valence-electron chi connectivity index (χ3n) is 4.28. The van der Waals surface area contributed by atoms with Crippen molar-refractivity contribution in [2.45, 2.75) is 12.8 Å². The Morgan fingerprint density at radius 2 is 1.84 bits per heavy atom. The van der Waals surface area contributed by atoms with Gasteiger partial charge >= 0.3 is 0 Å². The van der Waals surface area contributed by atoms with Gasteiger partial charge < -0.3 is 15.5 Å². The van der Waals surface area contributed by atoms with Crippen molar-refractivity contribution in [3.8, 4) is 0 Å². The Kier molecular flexibility index (Phi) is 5.14. The molecule has 0 aliphatic heterocycles. The van der Waals surface area contributed by atoms with Crippen LogP contribution in [-0.2, 0) is 11.2 Å². The van der Waals surface area contributed by atoms with Crippen molar-refractivity contribution < 1.29 is 14.0 Å². The number of furan rings is 1. The van der Waals surface area contributed by atoms with Gasteiger partial charge in [-0.2, -0.15) is 0 Å². The number of carbonyl (C=O) groups excluding carboxylic acids is 2. The van der Waals surface area contributed by atoms with Gasteiger partial charge in [-0.25, -0.2) is 0 Å². The fraction of sp³-hybridized carbons (Fsp3) is 0.200. The van der Waals surface area contributed by atoms with Crippen LogP contribution >= 0.6 is 0 Å². The standard InChI is InChI=1S/C20H20N2O3/c21-19(23)15(10-9-14-5-2-1-3-6-14)13-22-20(24)17-7-4-8-18-16(17)11-12-25-18/h1-8,11-12,15H,9-10,13H2,(H2,21,23)(H,22,24). The first-order valence-electron chi connectivity index (χ1n) is 8.23. The number of primary amides is 1. The fourth-order valence-corrected chi connectivity index (χ4v) is 2.83. The van der Waals surface area contributed by atoms with Crippen LogP contribution in [0, 0.1) is 5.92 Å². The van der Waals surface area contributed by atoms with E-state index >= 15 is 0 Å². The van der Waals surface area contributed by atoms with Crippen molar-refractivity contribution in [1.29, 1.82) is 0 Å². The van der Waals surface area contributed by atoms with Gasteiger partial charge in [-0.15, -0.1) is 0 Å². The number of rotatable bonds is 7. The van der Waals surface area contributed by atoms with E-state index in [4.69, 9.17) is 10.2 Å². The van der Waals surface area contributed by atoms with Crippen LogP contribution < -0.4 is 11.1 Å². The average Bonchev–Trinajstić information content (AvgIpc) is 3.10. The van der Waals surface area contributed by atoms with E-state index in [2.05, 4.69) is 5.32 Å². The Bertz CT molecular complexity index is 871. The van der Waals surface area contributed by atoms with E-state index in [0.29, 0.717) is 17.6 Å². The monoisotopic (exact) mass is 336 g/mol. The molecular weight excluding hydrogens is 316 g/mol. The van der Waals surface area contributed by atoms with Gasteiger partial charge in [-0.05, 0) is 36.6 Å². The third-order valence-corrected chi connectivity index (χ3v) is 4.28. The molecule has 0 fully saturated rings. The zero-order valence-electron chi connectivity index (χ0n) is 13.8. The van der Waals surface area contributed by atoms with Gasteiger partial charge in [0, 0.05) is 11.9 Å². The minimum atomic E-state index is -0.410. The van der Waals surface area contributed by atoms with Crippen LogP contribution in [0.1, 0.15) is 22.3 Å². The summed E-state index contributed by atoms with van der Waals surface area (Å²) in [6.45, 7) is 0.217. The van der Waals surface area contributed by atoms with Crippen LogP contribution in [0.25, 0.3) is 11.0 Å². The van der Waals surface area contributed by atoms with Crippen molar-refractivity contribution >= 4 is 22.8 Å². The van der Waals surface area contributed by atoms with Crippen molar-refractivity contribution in [3.05, 3.63) is 72.0 Å². The van der Waals surface area contributed by atoms with E-state index in [1.807, 2.05) is 30.3 Å². The molecule has 0 bridgehead atoms. The summed E-state index contributed by atoms with van der Waals surface area (Å²) in [4.78, 5) is 24.1. The van der Waals surface area contributed by atoms with Crippen LogP contribution in [0.3, 0.4) is 0 Å². The molecule has 3 aromatic rings. The predicted molar refractivity (Wildman–Crippen MR) is 96.0 cm³/mol. The largest absolute Gasteiger partial charge is 0.464 e. The number of aryl methyl sites for hydroxylation is 1. The van der Waals surface area contributed by atoms with Crippen molar-refractivity contribution in [2.75, 3.05) is 6.54 Å². The molecule has 25 heavy (non-hydrogen) atoms. The first-order chi connectivity index (χ1) is 12.1. The number of hydrogen-bond acceptors (Lipinski definition) is 3. The molecule has 0 saturated heterocycles. The highest BCUT2D eigenvalue weighted by Crippen LogP contribution is 2.19. The summed E-state index contributed by atoms with van der Waals surface area (Å²) in [5.74, 6) is -1.05. The Labute approximate surface area is 145 Å². The maximum atomic E-state index is 12.5. The molecule has 0 radical (unpaired) electrons. The predicted octanol–water partition coefficient (Wildman–Crippen LogP) is 2.90. The molecule has 128 valence electrons. The Balaban J connectivity index is 1.62. The van der Waals surface area contributed by atoms with Crippen molar-refractivity contribution in [2.24, 2.45) is 11.7 Å². The normalized spacial score (nSPS) is 12.0. The summed E-state index contributed by atoms with van der Waals surface area (Å²) in [5, 5.41) is 3.57. The maximum Gasteiger partial charge on any atom is 0.252 e. The van der Waals surface area contributed by atoms with Gasteiger partial charge in [0.15, 0.2) is 0 Å². The van der Waals surface area contributed by atoms with Crippen molar-refractivity contribution in [1.82, 2.24) is 5.32 Å². The summed E-state index contributed by atoms with van der Waals surface area (Å²) in [6, 6.07) is 16.9. The molecule has 3 N–H and O–H groups in total. The zero-order valence-corrected chi connectivity index (χ0v) is 13.8. The van der Waals surface area contributed by atoms with E-state index < -0.39 is 11.8 Å². The number of amides is 2. The molecule has 1 aromatic heterocycles. The lowest BCUT2D eigenvalue weighted by Gasteiger charge is -2.14. The van der Waals surface area contributed by atoms with E-state index in [9.17, 15) is 9.59 Å². The number of nitrogens with one attached hydrogen (secondary N) is 1. The van der Waals surface area contributed by atoms with Gasteiger partial charge in [0.2, 0.25) is 5.91 Å². The second kappa shape index (κ2) is 7.66. The molecule has 2 amide bonds. The van der Waals surface area contributed by atoms with Crippen LogP contribution in [0.4, 0.5) is 0 Å². The highest BCUT2D eigenvalue weighted by Gasteiger charge is 2.18. The fourth-order valence-electron chi connectivity index (χ4n) is 2.83. The molecule has 1 atom stereocenters. The molecule has 2 aromatic carbocycles. The van der Waals surface area contributed by atoms with Crippen molar-refractivity contribution in [3.63, 3.8) is 0 Å². The molecule has 5 heteroatoms. The molecular formula is C20H20N2O3. The maximum absolute atomic E-state index is 12.5. The first kappa shape index (κ1) is 16.8. The summed E-state index contributed by atoms with van der Waals surface area (Å²) in [5.41, 5.74) is 7.82. The Morgan fingerprint density at radius 1 is 1.04 bits per heavy atom. The lowest BCUT2D eigenvalue weighted by Crippen LogP contribution is -2.36. The number of fused-ring (bicyclic) bond motifs is 1. The Hall–Kier alpha value is -3.08. The number of hydrogen-bond donors (Lipinski definition) is 2. The second-order valence-corrected chi connectivity index (χ2v) is 5.97. The minimum Gasteiger partial charge on any atom is -0.464 e. The topological polar surface area (TPSA) is 85.3 Å². The van der Waals surface area contributed by atoms with Crippen LogP contribution in [0.15, 0.2) is 65.3 Å². The molecule has 0 saturated carbocycles. The van der Waals surface area contributed by atoms with E-state index in [0.717, 1.165) is 17.4 Å². The molecule has 5 nitrogen and oxygen atoms in total. The van der Waals surface area contributed by atoms with Gasteiger partial charge in [-0.1, -0.05) is 36.4 Å². The van der Waals surface area contributed by atoms with Gasteiger partial charge in [-0.3, -0.25) is 9.59 Å². The lowest BCUT2D eigenvalue weighted by molar-refractivity contribution is -0.121. The summed E-state index contributed by atoms with van der Waals surface area (Å²) < 4.78 is 5.31. The van der Waals surface area contributed by atoms with E-state index in [1.54, 1.807) is 30.5 Å². The van der Waals surface area contributed by atoms with Crippen LogP contribution in [0.2, 0.25) is 0 Å². The quantitative estimate of drug-likeness (QED) is 0.695. The number of carbonyl (C=O) groups is 2. The molecule has 1 heterocycles. The second-order valence-electron chi connectivity index (χ2n) is 5.97. The summed E-state index contributed by atoms with van der Waals surface area (Å²) in [7, 11) is 0. The first-order valence-corrected chi connectivity index (χ1v) is 8.23. The van der Waals surface area contributed by atoms with Gasteiger partial charge in [0.1, 0.15) is 5.58 Å². The van der Waals surface area contributed by atoms with Gasteiger partial charge in [0.25, 0.3) is 5.91 Å². The average molecular weight is 336 g/mol. The molecule has 3 rings (SSSR count). The smallest absolute Gasteiger partial charge is 0.252 e. The Morgan fingerprint density at radius 3 is 2.60 bits per heavy atom. The number of nitrogens with two attached hydrogens (primary N) is 1. The zero-order chi connectivity index (χ0) is 17.6. The number of benzene rings is 2. The van der Waals surface area contributed by atoms with Crippen LogP contribution in [0.5, 0.6) is 0 Å². The molecule has 0 aliphatic carbocycles. The van der Waals surface area contributed by atoms with Crippen LogP contribution in [-0.4, -0.2) is 18.4 Å². The van der Waals surface area contributed by atoms with Gasteiger partial charge in [0.05, 0.1) is 17.7 Å². The SMILES string of the molecule is NC(=O)C(CCc1ccccc1)CNC(=O)c1cccc2occc12. The minimum absolute atomic E-state index is 0.217. The molecule has 1 unspecified atom stereocenters. The van der Waals surface area contributed by atoms with E-state index in [-0.39, 0.29) is 12.5 Å². The summed E-state index contributed by atoms with van der Waals surface area (Å²) in [6.07, 6.45) is 2.88. The molecule has 0 aliphatic rings. The molecule has 0 spiro atoms. The third kappa shape index (κ3) is 4.07. The highest BCUT2D eigenvalue weighted by molar-refractivity contribution is 6.06. The highest BCUT2D eigenvalue weighted by atomic mass is 16.3. The summed E-state index contributed by atoms with van der Waals surface area (Å²) >= 11 is 0. The lowest BCUT2D eigenvalue weighted by atomic mass is 9.98.